The number of aromatic nitrogens is 1. The second-order valence-corrected chi connectivity index (χ2v) is 7.14. The minimum Gasteiger partial charge on any atom is -0.355 e. The summed E-state index contributed by atoms with van der Waals surface area (Å²) in [5, 5.41) is 0.934. The van der Waals surface area contributed by atoms with Crippen molar-refractivity contribution in [2.75, 3.05) is 14.1 Å². The Morgan fingerprint density at radius 2 is 1.84 bits per heavy atom. The van der Waals surface area contributed by atoms with E-state index >= 15 is 0 Å². The Hall–Kier alpha value is -2.39. The number of allylic oxidation sites excluding steroid dienone is 1. The van der Waals surface area contributed by atoms with Gasteiger partial charge >= 0.3 is 0 Å². The average Bonchev–Trinajstić information content (AvgIpc) is 3.05. The molecule has 128 valence electrons. The van der Waals surface area contributed by atoms with Crippen molar-refractivity contribution in [2.24, 2.45) is 0 Å². The van der Waals surface area contributed by atoms with Gasteiger partial charge in [-0.3, -0.25) is 4.90 Å². The van der Waals surface area contributed by atoms with Crippen LogP contribution in [-0.2, 0) is 5.54 Å². The fourth-order valence-corrected chi connectivity index (χ4v) is 4.03. The highest BCUT2D eigenvalue weighted by atomic mass is 19.1. The normalized spacial score (nSPS) is 20.9. The number of aromatic amines is 1. The first-order valence-corrected chi connectivity index (χ1v) is 8.79. The van der Waals surface area contributed by atoms with Crippen molar-refractivity contribution in [1.82, 2.24) is 9.88 Å². The van der Waals surface area contributed by atoms with Gasteiger partial charge in [0.1, 0.15) is 5.82 Å². The minimum atomic E-state index is -0.189. The third-order valence-electron chi connectivity index (χ3n) is 5.59. The van der Waals surface area contributed by atoms with Crippen LogP contribution in [0.1, 0.15) is 30.5 Å². The molecule has 0 spiro atoms. The van der Waals surface area contributed by atoms with Gasteiger partial charge in [-0.05, 0) is 68.8 Å². The van der Waals surface area contributed by atoms with E-state index < -0.39 is 0 Å². The molecule has 1 atom stereocenters. The number of hydrogen-bond donors (Lipinski definition) is 1. The van der Waals surface area contributed by atoms with Gasteiger partial charge < -0.3 is 4.98 Å². The van der Waals surface area contributed by atoms with Gasteiger partial charge in [0.2, 0.25) is 0 Å². The van der Waals surface area contributed by atoms with Gasteiger partial charge in [0.15, 0.2) is 0 Å². The topological polar surface area (TPSA) is 19.0 Å². The highest BCUT2D eigenvalue weighted by molar-refractivity contribution is 5.85. The van der Waals surface area contributed by atoms with Gasteiger partial charge in [-0.2, -0.15) is 0 Å². The summed E-state index contributed by atoms with van der Waals surface area (Å²) < 4.78 is 13.4. The van der Waals surface area contributed by atoms with E-state index in [9.17, 15) is 4.39 Å². The van der Waals surface area contributed by atoms with E-state index in [0.717, 1.165) is 35.9 Å². The van der Waals surface area contributed by atoms with E-state index in [1.807, 2.05) is 6.07 Å². The molecular weight excluding hydrogens is 311 g/mol. The molecule has 1 aromatic heterocycles. The molecule has 1 heterocycles. The predicted molar refractivity (Wildman–Crippen MR) is 102 cm³/mol. The van der Waals surface area contributed by atoms with Crippen LogP contribution < -0.4 is 0 Å². The summed E-state index contributed by atoms with van der Waals surface area (Å²) in [6, 6.07) is 17.7. The zero-order valence-electron chi connectivity index (χ0n) is 14.7. The molecule has 2 aromatic carbocycles. The monoisotopic (exact) mass is 334 g/mol. The summed E-state index contributed by atoms with van der Waals surface area (Å²) in [6.45, 7) is 0. The van der Waals surface area contributed by atoms with Crippen molar-refractivity contribution >= 4 is 16.5 Å². The number of fused-ring (bicyclic) bond motifs is 1. The third kappa shape index (κ3) is 2.79. The molecule has 1 unspecified atom stereocenters. The Morgan fingerprint density at radius 1 is 1.04 bits per heavy atom. The lowest BCUT2D eigenvalue weighted by Gasteiger charge is -2.42. The van der Waals surface area contributed by atoms with E-state index in [1.54, 1.807) is 6.07 Å². The van der Waals surface area contributed by atoms with Crippen LogP contribution in [0.25, 0.3) is 16.5 Å². The van der Waals surface area contributed by atoms with Crippen LogP contribution in [0.3, 0.4) is 0 Å². The number of H-pyrrole nitrogens is 1. The quantitative estimate of drug-likeness (QED) is 0.686. The summed E-state index contributed by atoms with van der Waals surface area (Å²) in [6.07, 6.45) is 5.39. The molecule has 25 heavy (non-hydrogen) atoms. The Kier molecular flexibility index (Phi) is 3.97. The Bertz CT molecular complexity index is 924. The summed E-state index contributed by atoms with van der Waals surface area (Å²) in [5.41, 5.74) is 4.84. The SMILES string of the molecule is CN(C)C1(c2ccccc2)CC=C(c2cc3cc(F)ccc3[nH]2)CC1. The van der Waals surface area contributed by atoms with Crippen LogP contribution in [0.2, 0.25) is 0 Å². The fraction of sp³-hybridized carbons (Fsp3) is 0.273. The highest BCUT2D eigenvalue weighted by Crippen LogP contribution is 2.42. The van der Waals surface area contributed by atoms with E-state index in [1.165, 1.54) is 17.2 Å². The molecule has 0 saturated heterocycles. The van der Waals surface area contributed by atoms with Gasteiger partial charge in [-0.15, -0.1) is 0 Å². The molecule has 0 aliphatic heterocycles. The Labute approximate surface area is 148 Å². The summed E-state index contributed by atoms with van der Waals surface area (Å²) in [7, 11) is 4.33. The Morgan fingerprint density at radius 3 is 2.52 bits per heavy atom. The smallest absolute Gasteiger partial charge is 0.123 e. The van der Waals surface area contributed by atoms with Crippen molar-refractivity contribution in [3.05, 3.63) is 77.7 Å². The first-order valence-electron chi connectivity index (χ1n) is 8.79. The largest absolute Gasteiger partial charge is 0.355 e. The van der Waals surface area contributed by atoms with Crippen molar-refractivity contribution in [1.29, 1.82) is 0 Å². The lowest BCUT2D eigenvalue weighted by Crippen LogP contribution is -2.42. The van der Waals surface area contributed by atoms with Crippen molar-refractivity contribution in [3.8, 4) is 0 Å². The molecule has 0 bridgehead atoms. The molecule has 0 amide bonds. The first-order chi connectivity index (χ1) is 12.1. The molecule has 1 aliphatic carbocycles. The highest BCUT2D eigenvalue weighted by Gasteiger charge is 2.36. The molecule has 0 saturated carbocycles. The van der Waals surface area contributed by atoms with Crippen LogP contribution in [-0.4, -0.2) is 24.0 Å². The number of nitrogens with zero attached hydrogens (tertiary/aromatic N) is 1. The number of nitrogens with one attached hydrogen (secondary N) is 1. The van der Waals surface area contributed by atoms with Gasteiger partial charge in [-0.25, -0.2) is 4.39 Å². The molecule has 2 nitrogen and oxygen atoms in total. The zero-order chi connectivity index (χ0) is 17.4. The maximum atomic E-state index is 13.4. The Balaban J connectivity index is 1.68. The van der Waals surface area contributed by atoms with Crippen LogP contribution >= 0.6 is 0 Å². The van der Waals surface area contributed by atoms with Crippen molar-refractivity contribution in [3.63, 3.8) is 0 Å². The van der Waals surface area contributed by atoms with Crippen LogP contribution in [0, 0.1) is 5.82 Å². The third-order valence-corrected chi connectivity index (χ3v) is 5.59. The molecular formula is C22H23FN2. The standard InChI is InChI=1S/C22H23FN2/c1-25(2)22(18-6-4-3-5-7-18)12-10-16(11-13-22)21-15-17-14-19(23)8-9-20(17)24-21/h3-10,14-15,24H,11-13H2,1-2H3. The molecule has 0 fully saturated rings. The van der Waals surface area contributed by atoms with Crippen LogP contribution in [0.4, 0.5) is 4.39 Å². The lowest BCUT2D eigenvalue weighted by atomic mass is 9.76. The average molecular weight is 334 g/mol. The number of hydrogen-bond acceptors (Lipinski definition) is 1. The molecule has 3 heteroatoms. The molecule has 1 aliphatic rings. The fourth-order valence-electron chi connectivity index (χ4n) is 4.03. The zero-order valence-corrected chi connectivity index (χ0v) is 14.7. The second kappa shape index (κ2) is 6.16. The number of halogens is 1. The van der Waals surface area contributed by atoms with E-state index in [-0.39, 0.29) is 11.4 Å². The lowest BCUT2D eigenvalue weighted by molar-refractivity contribution is 0.138. The molecule has 4 rings (SSSR count). The van der Waals surface area contributed by atoms with E-state index in [2.05, 4.69) is 66.5 Å². The van der Waals surface area contributed by atoms with Crippen molar-refractivity contribution in [2.45, 2.75) is 24.8 Å². The summed E-state index contributed by atoms with van der Waals surface area (Å²) >= 11 is 0. The van der Waals surface area contributed by atoms with E-state index in [0.29, 0.717) is 0 Å². The predicted octanol–water partition coefficient (Wildman–Crippen LogP) is 5.33. The van der Waals surface area contributed by atoms with Gasteiger partial charge in [-0.1, -0.05) is 36.4 Å². The van der Waals surface area contributed by atoms with Crippen LogP contribution in [0.5, 0.6) is 0 Å². The van der Waals surface area contributed by atoms with E-state index in [4.69, 9.17) is 0 Å². The molecule has 3 aromatic rings. The maximum Gasteiger partial charge on any atom is 0.123 e. The van der Waals surface area contributed by atoms with Crippen molar-refractivity contribution < 1.29 is 4.39 Å². The maximum absolute atomic E-state index is 13.4. The molecule has 1 N–H and O–H groups in total. The van der Waals surface area contributed by atoms with Gasteiger partial charge in [0, 0.05) is 22.1 Å². The number of benzene rings is 2. The van der Waals surface area contributed by atoms with Gasteiger partial charge in [0.05, 0.1) is 0 Å². The van der Waals surface area contributed by atoms with Crippen LogP contribution in [0.15, 0.2) is 60.7 Å². The second-order valence-electron chi connectivity index (χ2n) is 7.14. The van der Waals surface area contributed by atoms with Gasteiger partial charge in [0.25, 0.3) is 0 Å². The number of rotatable bonds is 3. The first kappa shape index (κ1) is 16.1. The summed E-state index contributed by atoms with van der Waals surface area (Å²) in [5.74, 6) is -0.189. The summed E-state index contributed by atoms with van der Waals surface area (Å²) in [4.78, 5) is 5.78. The minimum absolute atomic E-state index is 0.0445. The molecule has 0 radical (unpaired) electrons.